The molecule has 38 heavy (non-hydrogen) atoms. The Labute approximate surface area is 251 Å². The van der Waals surface area contributed by atoms with Gasteiger partial charge in [-0.3, -0.25) is 4.79 Å². The van der Waals surface area contributed by atoms with Crippen LogP contribution in [0.3, 0.4) is 0 Å². The Hall–Kier alpha value is -2.10. The van der Waals surface area contributed by atoms with E-state index in [0.717, 1.165) is 16.5 Å². The van der Waals surface area contributed by atoms with Crippen LogP contribution in [0.25, 0.3) is 10.9 Å². The summed E-state index contributed by atoms with van der Waals surface area (Å²) in [6, 6.07) is 12.4. The Morgan fingerprint density at radius 3 is 2.55 bits per heavy atom. The molecule has 0 spiro atoms. The van der Waals surface area contributed by atoms with Gasteiger partial charge in [-0.15, -0.1) is 0 Å². The predicted molar refractivity (Wildman–Crippen MR) is 162 cm³/mol. The van der Waals surface area contributed by atoms with Crippen LogP contribution in [0.1, 0.15) is 43.1 Å². The summed E-state index contributed by atoms with van der Waals surface area (Å²) in [4.78, 5) is 18.2. The lowest BCUT2D eigenvalue weighted by Crippen LogP contribution is -2.23. The van der Waals surface area contributed by atoms with E-state index in [9.17, 15) is 4.79 Å². The number of methoxy groups -OCH3 is 1. The van der Waals surface area contributed by atoms with Crippen molar-refractivity contribution in [1.82, 2.24) is 9.66 Å². The number of fused-ring (bicyclic) bond motifs is 1. The Bertz CT molecular complexity index is 1610. The molecule has 0 amide bonds. The quantitative estimate of drug-likeness (QED) is 0.172. The molecule has 0 radical (unpaired) electrons. The van der Waals surface area contributed by atoms with E-state index in [1.54, 1.807) is 30.5 Å². The number of halogens is 5. The first-order valence-electron chi connectivity index (χ1n) is 11.5. The number of benzene rings is 3. The van der Waals surface area contributed by atoms with Gasteiger partial charge in [-0.05, 0) is 64.3 Å². The maximum Gasteiger partial charge on any atom is 0.282 e. The van der Waals surface area contributed by atoms with Crippen molar-refractivity contribution in [3.05, 3.63) is 93.8 Å². The van der Waals surface area contributed by atoms with Crippen LogP contribution in [0.4, 0.5) is 0 Å². The fourth-order valence-corrected chi connectivity index (χ4v) is 5.00. The van der Waals surface area contributed by atoms with Gasteiger partial charge in [-0.2, -0.15) is 9.78 Å². The van der Waals surface area contributed by atoms with Crippen LogP contribution >= 0.6 is 66.7 Å². The molecule has 0 saturated heterocycles. The smallest absolute Gasteiger partial charge is 0.282 e. The Balaban J connectivity index is 1.74. The van der Waals surface area contributed by atoms with E-state index >= 15 is 0 Å². The number of hydrogen-bond acceptors (Lipinski definition) is 5. The first kappa shape index (κ1) is 28.9. The highest BCUT2D eigenvalue weighted by Crippen LogP contribution is 2.42. The molecule has 0 aliphatic rings. The van der Waals surface area contributed by atoms with E-state index in [1.807, 2.05) is 32.0 Å². The van der Waals surface area contributed by atoms with Gasteiger partial charge in [0, 0.05) is 20.4 Å². The summed E-state index contributed by atoms with van der Waals surface area (Å²) in [5, 5.41) is 6.18. The second-order valence-corrected chi connectivity index (χ2v) is 11.4. The van der Waals surface area contributed by atoms with Crippen molar-refractivity contribution in [2.45, 2.75) is 32.8 Å². The van der Waals surface area contributed by atoms with Crippen LogP contribution in [0.2, 0.25) is 15.1 Å². The van der Waals surface area contributed by atoms with Crippen LogP contribution in [0, 0.1) is 0 Å². The minimum absolute atomic E-state index is 0.00612. The van der Waals surface area contributed by atoms with Gasteiger partial charge in [0.15, 0.2) is 11.5 Å². The van der Waals surface area contributed by atoms with E-state index in [0.29, 0.717) is 53.3 Å². The van der Waals surface area contributed by atoms with Crippen LogP contribution < -0.4 is 15.0 Å². The van der Waals surface area contributed by atoms with E-state index in [-0.39, 0.29) is 18.1 Å². The highest BCUT2D eigenvalue weighted by atomic mass is 79.9. The zero-order valence-electron chi connectivity index (χ0n) is 20.6. The fourth-order valence-electron chi connectivity index (χ4n) is 3.67. The molecule has 0 unspecified atom stereocenters. The third-order valence-corrected chi connectivity index (χ3v) is 8.62. The maximum absolute atomic E-state index is 13.4. The molecule has 198 valence electrons. The number of aromatic nitrogens is 2. The first-order chi connectivity index (χ1) is 18.1. The summed E-state index contributed by atoms with van der Waals surface area (Å²) in [7, 11) is 1.52. The lowest BCUT2D eigenvalue weighted by atomic mass is 10.1. The predicted octanol–water partition coefficient (Wildman–Crippen LogP) is 8.86. The molecule has 0 bridgehead atoms. The minimum Gasteiger partial charge on any atom is -0.493 e. The highest BCUT2D eigenvalue weighted by molar-refractivity contribution is 9.10. The normalized spacial score (nSPS) is 12.3. The number of nitrogens with zero attached hydrogens (tertiary/aromatic N) is 3. The molecule has 4 rings (SSSR count). The zero-order chi connectivity index (χ0) is 27.6. The molecule has 1 atom stereocenters. The number of hydrogen-bond donors (Lipinski definition) is 0. The largest absolute Gasteiger partial charge is 0.493 e. The monoisotopic (exact) mass is 699 g/mol. The van der Waals surface area contributed by atoms with E-state index in [2.05, 4.69) is 37.0 Å². The summed E-state index contributed by atoms with van der Waals surface area (Å²) in [5.74, 6) is 1.32. The summed E-state index contributed by atoms with van der Waals surface area (Å²) in [6.45, 7) is 4.24. The van der Waals surface area contributed by atoms with Gasteiger partial charge >= 0.3 is 0 Å². The lowest BCUT2D eigenvalue weighted by molar-refractivity contribution is 0.284. The topological polar surface area (TPSA) is 65.7 Å². The summed E-state index contributed by atoms with van der Waals surface area (Å²) < 4.78 is 14.2. The van der Waals surface area contributed by atoms with Crippen molar-refractivity contribution in [3.8, 4) is 11.5 Å². The minimum atomic E-state index is -0.265. The van der Waals surface area contributed by atoms with Crippen molar-refractivity contribution in [2.75, 3.05) is 7.11 Å². The Morgan fingerprint density at radius 1 is 1.11 bits per heavy atom. The molecule has 0 aliphatic heterocycles. The molecule has 0 fully saturated rings. The standard InChI is InChI=1S/C27H22Br2Cl3N3O3/c1-4-14(2)26-34-21-8-6-17(28)11-18(21)27(36)35(26)33-12-16-10-22(37-3)25(24(32)23(16)29)38-13-15-5-7-19(30)20(31)9-15/h5-12,14H,4,13H2,1-3H3/t14-/m0/s1. The fraction of sp³-hybridized carbons (Fsp3) is 0.222. The first-order valence-corrected chi connectivity index (χ1v) is 14.3. The molecule has 4 aromatic rings. The number of rotatable bonds is 8. The second kappa shape index (κ2) is 12.4. The van der Waals surface area contributed by atoms with Crippen molar-refractivity contribution >= 4 is 83.8 Å². The Kier molecular flexibility index (Phi) is 9.42. The summed E-state index contributed by atoms with van der Waals surface area (Å²) in [6.07, 6.45) is 2.33. The molecule has 0 N–H and O–H groups in total. The van der Waals surface area contributed by atoms with Gasteiger partial charge in [-0.25, -0.2) is 4.98 Å². The van der Waals surface area contributed by atoms with Crippen molar-refractivity contribution < 1.29 is 9.47 Å². The zero-order valence-corrected chi connectivity index (χ0v) is 26.0. The summed E-state index contributed by atoms with van der Waals surface area (Å²) in [5.41, 5.74) is 1.75. The Morgan fingerprint density at radius 2 is 1.87 bits per heavy atom. The second-order valence-electron chi connectivity index (χ2n) is 8.46. The van der Waals surface area contributed by atoms with Crippen LogP contribution in [-0.2, 0) is 6.61 Å². The maximum atomic E-state index is 13.4. The third-order valence-electron chi connectivity index (χ3n) is 5.94. The average Bonchev–Trinajstić information content (AvgIpc) is 2.91. The molecular weight excluding hydrogens is 680 g/mol. The van der Waals surface area contributed by atoms with Crippen LogP contribution in [0.5, 0.6) is 11.5 Å². The third kappa shape index (κ3) is 6.05. The van der Waals surface area contributed by atoms with Gasteiger partial charge in [0.25, 0.3) is 5.56 Å². The molecule has 1 aromatic heterocycles. The number of ether oxygens (including phenoxy) is 2. The van der Waals surface area contributed by atoms with Crippen molar-refractivity contribution in [3.63, 3.8) is 0 Å². The van der Waals surface area contributed by atoms with Gasteiger partial charge in [-0.1, -0.05) is 70.6 Å². The van der Waals surface area contributed by atoms with E-state index < -0.39 is 0 Å². The SMILES string of the molecule is CC[C@H](C)c1nc2ccc(Br)cc2c(=O)n1N=Cc1cc(OC)c(OCc2ccc(Cl)c(Cl)c2)c(Cl)c1Br. The molecular formula is C27H22Br2Cl3N3O3. The van der Waals surface area contributed by atoms with Gasteiger partial charge < -0.3 is 9.47 Å². The summed E-state index contributed by atoms with van der Waals surface area (Å²) >= 11 is 25.8. The molecule has 1 heterocycles. The van der Waals surface area contributed by atoms with Crippen molar-refractivity contribution in [1.29, 1.82) is 0 Å². The van der Waals surface area contributed by atoms with Gasteiger partial charge in [0.2, 0.25) is 0 Å². The average molecular weight is 703 g/mol. The van der Waals surface area contributed by atoms with Gasteiger partial charge in [0.05, 0.1) is 34.3 Å². The molecule has 11 heteroatoms. The van der Waals surface area contributed by atoms with E-state index in [1.165, 1.54) is 11.8 Å². The molecule has 3 aromatic carbocycles. The van der Waals surface area contributed by atoms with Crippen molar-refractivity contribution in [2.24, 2.45) is 5.10 Å². The van der Waals surface area contributed by atoms with E-state index in [4.69, 9.17) is 49.3 Å². The van der Waals surface area contributed by atoms with Crippen LogP contribution in [0.15, 0.2) is 61.3 Å². The molecule has 6 nitrogen and oxygen atoms in total. The van der Waals surface area contributed by atoms with Gasteiger partial charge in [0.1, 0.15) is 17.5 Å². The molecule has 0 aliphatic carbocycles. The lowest BCUT2D eigenvalue weighted by Gasteiger charge is -2.16. The highest BCUT2D eigenvalue weighted by Gasteiger charge is 2.19. The van der Waals surface area contributed by atoms with Crippen LogP contribution in [-0.4, -0.2) is 23.0 Å². The molecule has 0 saturated carbocycles.